The fraction of sp³-hybridized carbons (Fsp3) is 0.462. The molecule has 0 radical (unpaired) electrons. The van der Waals surface area contributed by atoms with Gasteiger partial charge in [-0.25, -0.2) is 0 Å². The van der Waals surface area contributed by atoms with E-state index in [-0.39, 0.29) is 21.6 Å². The highest BCUT2D eigenvalue weighted by atomic mass is 28.4. The fourth-order valence-corrected chi connectivity index (χ4v) is 5.24. The largest absolute Gasteiger partial charge is 0.543 e. The zero-order chi connectivity index (χ0) is 24.3. The van der Waals surface area contributed by atoms with Crippen molar-refractivity contribution in [3.8, 4) is 11.5 Å². The molecule has 0 amide bonds. The predicted molar refractivity (Wildman–Crippen MR) is 135 cm³/mol. The van der Waals surface area contributed by atoms with Crippen LogP contribution < -0.4 is 8.85 Å². The van der Waals surface area contributed by atoms with Crippen molar-refractivity contribution in [2.45, 2.75) is 77.8 Å². The van der Waals surface area contributed by atoms with Crippen LogP contribution in [0.5, 0.6) is 11.5 Å². The third kappa shape index (κ3) is 4.10. The summed E-state index contributed by atoms with van der Waals surface area (Å²) >= 11 is 0. The maximum Gasteiger partial charge on any atom is 0.250 e. The van der Waals surface area contributed by atoms with E-state index in [1.165, 1.54) is 0 Å². The van der Waals surface area contributed by atoms with E-state index in [0.29, 0.717) is 33.8 Å². The van der Waals surface area contributed by atoms with Crippen LogP contribution in [0.2, 0.25) is 36.3 Å². The van der Waals surface area contributed by atoms with Crippen LogP contribution in [0.15, 0.2) is 36.4 Å². The van der Waals surface area contributed by atoms with E-state index < -0.39 is 16.6 Å². The van der Waals surface area contributed by atoms with Crippen molar-refractivity contribution < 1.29 is 18.4 Å². The molecule has 6 heteroatoms. The van der Waals surface area contributed by atoms with Gasteiger partial charge in [0.1, 0.15) is 11.5 Å². The molecule has 0 unspecified atom stereocenters. The quantitative estimate of drug-likeness (QED) is 0.379. The van der Waals surface area contributed by atoms with Crippen molar-refractivity contribution in [2.24, 2.45) is 0 Å². The van der Waals surface area contributed by atoms with Gasteiger partial charge in [-0.2, -0.15) is 0 Å². The van der Waals surface area contributed by atoms with Crippen LogP contribution in [-0.4, -0.2) is 28.2 Å². The lowest BCUT2D eigenvalue weighted by atomic mass is 9.83. The minimum Gasteiger partial charge on any atom is -0.543 e. The van der Waals surface area contributed by atoms with E-state index in [1.54, 1.807) is 24.3 Å². The second kappa shape index (κ2) is 7.70. The van der Waals surface area contributed by atoms with Crippen LogP contribution in [0, 0.1) is 0 Å². The first-order chi connectivity index (χ1) is 14.5. The topological polar surface area (TPSA) is 52.6 Å². The van der Waals surface area contributed by atoms with Gasteiger partial charge in [-0.15, -0.1) is 0 Å². The summed E-state index contributed by atoms with van der Waals surface area (Å²) in [4.78, 5) is 27.3. The Kier molecular flexibility index (Phi) is 5.88. The Bertz CT molecular complexity index is 1000. The lowest BCUT2D eigenvalue weighted by Crippen LogP contribution is -2.45. The lowest BCUT2D eigenvalue weighted by Gasteiger charge is -2.39. The molecule has 172 valence electrons. The van der Waals surface area contributed by atoms with Gasteiger partial charge in [0, 0.05) is 11.1 Å². The van der Waals surface area contributed by atoms with Gasteiger partial charge in [-0.1, -0.05) is 65.8 Å². The second-order valence-electron chi connectivity index (χ2n) is 11.7. The number of benzene rings is 2. The minimum absolute atomic E-state index is 0.0458. The second-order valence-corrected chi connectivity index (χ2v) is 21.2. The van der Waals surface area contributed by atoms with Crippen molar-refractivity contribution in [1.82, 2.24) is 0 Å². The molecule has 0 saturated heterocycles. The molecule has 0 heterocycles. The van der Waals surface area contributed by atoms with Crippen molar-refractivity contribution in [3.05, 3.63) is 58.7 Å². The number of rotatable bonds is 4. The van der Waals surface area contributed by atoms with Gasteiger partial charge < -0.3 is 8.85 Å². The molecule has 2 aromatic rings. The highest BCUT2D eigenvalue weighted by Crippen LogP contribution is 2.45. The van der Waals surface area contributed by atoms with E-state index >= 15 is 0 Å². The molecule has 0 atom stereocenters. The Labute approximate surface area is 194 Å². The molecular formula is C26H36O4Si2. The summed E-state index contributed by atoms with van der Waals surface area (Å²) in [7, 11) is -4.48. The van der Waals surface area contributed by atoms with Crippen molar-refractivity contribution in [3.63, 3.8) is 0 Å². The van der Waals surface area contributed by atoms with Crippen LogP contribution in [0.4, 0.5) is 0 Å². The van der Waals surface area contributed by atoms with Crippen LogP contribution in [0.1, 0.15) is 73.4 Å². The van der Waals surface area contributed by atoms with Crippen molar-refractivity contribution in [1.29, 1.82) is 0 Å². The Morgan fingerprint density at radius 2 is 0.906 bits per heavy atom. The number of hydrogen-bond donors (Lipinski definition) is 0. The zero-order valence-electron chi connectivity index (χ0n) is 21.1. The van der Waals surface area contributed by atoms with Crippen LogP contribution >= 0.6 is 0 Å². The summed E-state index contributed by atoms with van der Waals surface area (Å²) in [6.45, 7) is 21.5. The number of hydrogen-bond acceptors (Lipinski definition) is 4. The zero-order valence-corrected chi connectivity index (χ0v) is 23.1. The Balaban J connectivity index is 2.25. The standard InChI is InChI=1S/C26H36O4Si2/c1-25(2,3)31(7,8)29-19-15-16-20(30-32(9,10)26(4,5)6)22-21(19)23(27)17-13-11-12-14-18(17)24(22)28/h11-16H,1-10H3. The predicted octanol–water partition coefficient (Wildman–Crippen LogP) is 7.23. The number of fused-ring (bicyclic) bond motifs is 2. The van der Waals surface area contributed by atoms with Gasteiger partial charge in [0.2, 0.25) is 0 Å². The molecule has 0 aliphatic heterocycles. The monoisotopic (exact) mass is 468 g/mol. The fourth-order valence-electron chi connectivity index (χ4n) is 3.19. The maximum absolute atomic E-state index is 13.7. The summed E-state index contributed by atoms with van der Waals surface area (Å²) in [6, 6.07) is 10.7. The normalized spacial score (nSPS) is 14.7. The lowest BCUT2D eigenvalue weighted by molar-refractivity contribution is 0.0975. The first kappa shape index (κ1) is 24.5. The summed E-state index contributed by atoms with van der Waals surface area (Å²) < 4.78 is 13.1. The van der Waals surface area contributed by atoms with Crippen molar-refractivity contribution >= 4 is 28.2 Å². The molecule has 0 spiro atoms. The maximum atomic E-state index is 13.7. The van der Waals surface area contributed by atoms with Crippen LogP contribution in [0.25, 0.3) is 0 Å². The summed E-state index contributed by atoms with van der Waals surface area (Å²) in [5, 5.41) is -0.0916. The SMILES string of the molecule is CC(C)(C)[Si](C)(C)Oc1ccc(O[Si](C)(C)C(C)(C)C)c2c1C(=O)c1ccccc1C2=O. The highest BCUT2D eigenvalue weighted by Gasteiger charge is 2.44. The molecule has 1 aliphatic carbocycles. The molecule has 2 aromatic carbocycles. The summed E-state index contributed by atoms with van der Waals surface area (Å²) in [5.41, 5.74) is 1.54. The van der Waals surface area contributed by atoms with E-state index in [2.05, 4.69) is 67.7 Å². The number of carbonyl (C=O) groups is 2. The summed E-state index contributed by atoms with van der Waals surface area (Å²) in [6.07, 6.45) is 0. The van der Waals surface area contributed by atoms with Crippen molar-refractivity contribution in [2.75, 3.05) is 0 Å². The third-order valence-corrected chi connectivity index (χ3v) is 16.0. The van der Waals surface area contributed by atoms with E-state index in [0.717, 1.165) is 0 Å². The van der Waals surface area contributed by atoms with E-state index in [4.69, 9.17) is 8.85 Å². The molecule has 0 fully saturated rings. The van der Waals surface area contributed by atoms with Gasteiger partial charge in [-0.3, -0.25) is 9.59 Å². The first-order valence-electron chi connectivity index (χ1n) is 11.2. The first-order valence-corrected chi connectivity index (χ1v) is 17.0. The van der Waals surface area contributed by atoms with E-state index in [1.807, 2.05) is 12.1 Å². The molecule has 0 bridgehead atoms. The number of carbonyl (C=O) groups excluding carboxylic acids is 2. The van der Waals surface area contributed by atoms with Gasteiger partial charge in [-0.05, 0) is 48.4 Å². The minimum atomic E-state index is -2.24. The van der Waals surface area contributed by atoms with E-state index in [9.17, 15) is 9.59 Å². The van der Waals surface area contributed by atoms with Gasteiger partial charge in [0.25, 0.3) is 16.6 Å². The highest BCUT2D eigenvalue weighted by molar-refractivity contribution is 6.75. The summed E-state index contributed by atoms with van der Waals surface area (Å²) in [5.74, 6) is 0.623. The average molecular weight is 469 g/mol. The van der Waals surface area contributed by atoms with Gasteiger partial charge in [0.05, 0.1) is 11.1 Å². The third-order valence-electron chi connectivity index (χ3n) is 7.34. The van der Waals surface area contributed by atoms with Crippen LogP contribution in [0.3, 0.4) is 0 Å². The molecule has 0 saturated carbocycles. The van der Waals surface area contributed by atoms with Gasteiger partial charge in [0.15, 0.2) is 11.6 Å². The molecule has 0 N–H and O–H groups in total. The number of ketones is 2. The Hall–Kier alpha value is -2.19. The Morgan fingerprint density at radius 1 is 0.594 bits per heavy atom. The Morgan fingerprint density at radius 3 is 1.19 bits per heavy atom. The molecule has 1 aliphatic rings. The van der Waals surface area contributed by atoms with Gasteiger partial charge >= 0.3 is 0 Å². The molecule has 4 nitrogen and oxygen atoms in total. The average Bonchev–Trinajstić information content (AvgIpc) is 2.65. The smallest absolute Gasteiger partial charge is 0.250 e. The molecule has 32 heavy (non-hydrogen) atoms. The molecule has 0 aromatic heterocycles. The van der Waals surface area contributed by atoms with Crippen LogP contribution in [-0.2, 0) is 0 Å². The molecular weight excluding hydrogens is 432 g/mol. The molecule has 3 rings (SSSR count).